The Bertz CT molecular complexity index is 1020. The lowest BCUT2D eigenvalue weighted by molar-refractivity contribution is 0.0377. The van der Waals surface area contributed by atoms with Crippen molar-refractivity contribution in [2.75, 3.05) is 13.8 Å². The van der Waals surface area contributed by atoms with Crippen molar-refractivity contribution in [2.45, 2.75) is 45.1 Å². The van der Waals surface area contributed by atoms with E-state index in [9.17, 15) is 4.79 Å². The molecule has 0 saturated heterocycles. The number of rotatable bonds is 6. The number of nitrogens with one attached hydrogen (secondary N) is 2. The number of halogens is 1. The maximum Gasteiger partial charge on any atom is 0.260 e. The normalized spacial score (nSPS) is 16.5. The number of carbonyl (C=O) groups is 1. The Hall–Kier alpha value is -3.15. The molecule has 2 aromatic rings. The number of ether oxygens (including phenoxy) is 1. The molecule has 0 radical (unpaired) electrons. The predicted octanol–water partition coefficient (Wildman–Crippen LogP) is 4.56. The molecular formula is C25H28FN3O2. The Balaban J connectivity index is 1.58. The maximum absolute atomic E-state index is 15.1. The molecule has 2 aliphatic rings. The van der Waals surface area contributed by atoms with Crippen LogP contribution in [0.2, 0.25) is 0 Å². The molecule has 31 heavy (non-hydrogen) atoms. The summed E-state index contributed by atoms with van der Waals surface area (Å²) in [5.41, 5.74) is 3.82. The molecule has 6 heteroatoms. The Morgan fingerprint density at radius 3 is 2.68 bits per heavy atom. The van der Waals surface area contributed by atoms with Gasteiger partial charge in [0.2, 0.25) is 0 Å². The minimum atomic E-state index is -0.442. The zero-order valence-corrected chi connectivity index (χ0v) is 18.0. The molecule has 1 aliphatic heterocycles. The molecule has 2 aromatic carbocycles. The van der Waals surface area contributed by atoms with Crippen LogP contribution in [0, 0.1) is 18.2 Å². The molecule has 0 atom stereocenters. The van der Waals surface area contributed by atoms with Gasteiger partial charge >= 0.3 is 0 Å². The van der Waals surface area contributed by atoms with Crippen molar-refractivity contribution in [3.8, 4) is 5.75 Å². The number of carbonyl (C=O) groups excluding carboxylic acids is 1. The van der Waals surface area contributed by atoms with E-state index >= 15 is 4.39 Å². The molecular weight excluding hydrogens is 393 g/mol. The molecule has 1 saturated carbocycles. The quantitative estimate of drug-likeness (QED) is 0.672. The van der Waals surface area contributed by atoms with E-state index in [0.29, 0.717) is 23.3 Å². The van der Waals surface area contributed by atoms with Crippen molar-refractivity contribution in [1.29, 1.82) is 5.41 Å². The lowest BCUT2D eigenvalue weighted by Gasteiger charge is -2.34. The maximum atomic E-state index is 15.1. The van der Waals surface area contributed by atoms with Crippen LogP contribution in [0.5, 0.6) is 5.75 Å². The number of fused-ring (bicyclic) bond motifs is 1. The van der Waals surface area contributed by atoms with Crippen molar-refractivity contribution >= 4 is 11.6 Å². The van der Waals surface area contributed by atoms with E-state index in [1.54, 1.807) is 37.2 Å². The highest BCUT2D eigenvalue weighted by Gasteiger charge is 2.35. The monoisotopic (exact) mass is 421 g/mol. The second kappa shape index (κ2) is 8.92. The smallest absolute Gasteiger partial charge is 0.260 e. The van der Waals surface area contributed by atoms with Gasteiger partial charge in [0.15, 0.2) is 18.3 Å². The molecule has 1 heterocycles. The third-order valence-corrected chi connectivity index (χ3v) is 6.25. The fourth-order valence-corrected chi connectivity index (χ4v) is 4.38. The molecule has 0 spiro atoms. The summed E-state index contributed by atoms with van der Waals surface area (Å²) in [5, 5.41) is 10.9. The summed E-state index contributed by atoms with van der Waals surface area (Å²) in [6, 6.07) is 9.64. The third-order valence-electron chi connectivity index (χ3n) is 6.25. The fourth-order valence-electron chi connectivity index (χ4n) is 4.38. The van der Waals surface area contributed by atoms with Gasteiger partial charge in [-0.2, -0.15) is 0 Å². The van der Waals surface area contributed by atoms with E-state index < -0.39 is 5.82 Å². The summed E-state index contributed by atoms with van der Waals surface area (Å²) in [6.07, 6.45) is 8.11. The van der Waals surface area contributed by atoms with Gasteiger partial charge in [0, 0.05) is 13.1 Å². The Morgan fingerprint density at radius 2 is 2.00 bits per heavy atom. The van der Waals surface area contributed by atoms with Crippen LogP contribution >= 0.6 is 0 Å². The van der Waals surface area contributed by atoms with E-state index in [1.165, 1.54) is 0 Å². The largest absolute Gasteiger partial charge is 0.469 e. The van der Waals surface area contributed by atoms with Crippen LogP contribution in [-0.4, -0.2) is 36.3 Å². The number of benzene rings is 2. The zero-order chi connectivity index (χ0) is 22.0. The molecule has 1 aliphatic carbocycles. The lowest BCUT2D eigenvalue weighted by atomic mass is 9.95. The third kappa shape index (κ3) is 4.20. The topological polar surface area (TPSA) is 65.4 Å². The highest BCUT2D eigenvalue weighted by Crippen LogP contribution is 2.36. The van der Waals surface area contributed by atoms with Gasteiger partial charge in [-0.3, -0.25) is 4.79 Å². The number of nitrogens with zero attached hydrogens (tertiary/aromatic N) is 1. The van der Waals surface area contributed by atoms with E-state index in [2.05, 4.69) is 5.32 Å². The van der Waals surface area contributed by atoms with Crippen molar-refractivity contribution in [3.05, 3.63) is 76.2 Å². The first-order valence-corrected chi connectivity index (χ1v) is 10.8. The van der Waals surface area contributed by atoms with Gasteiger partial charge in [-0.05, 0) is 66.8 Å². The summed E-state index contributed by atoms with van der Waals surface area (Å²) in [5.74, 6) is -0.489. The second-order valence-electron chi connectivity index (χ2n) is 8.25. The zero-order valence-electron chi connectivity index (χ0n) is 18.0. The van der Waals surface area contributed by atoms with Crippen molar-refractivity contribution in [3.63, 3.8) is 0 Å². The number of hydrogen-bond donors (Lipinski definition) is 2. The summed E-state index contributed by atoms with van der Waals surface area (Å²) in [4.78, 5) is 14.9. The Morgan fingerprint density at radius 1 is 1.29 bits per heavy atom. The van der Waals surface area contributed by atoms with Crippen LogP contribution in [0.1, 0.15) is 58.3 Å². The summed E-state index contributed by atoms with van der Waals surface area (Å²) in [6.45, 7) is 1.86. The van der Waals surface area contributed by atoms with Crippen LogP contribution in [0.25, 0.3) is 0 Å². The molecule has 5 nitrogen and oxygen atoms in total. The molecule has 4 rings (SSSR count). The number of amides is 1. The summed E-state index contributed by atoms with van der Waals surface area (Å²) < 4.78 is 20.8. The van der Waals surface area contributed by atoms with Crippen molar-refractivity contribution < 1.29 is 13.9 Å². The van der Waals surface area contributed by atoms with Crippen LogP contribution in [0.4, 0.5) is 4.39 Å². The minimum Gasteiger partial charge on any atom is -0.469 e. The van der Waals surface area contributed by atoms with E-state index in [-0.39, 0.29) is 24.4 Å². The minimum absolute atomic E-state index is 0.0839. The molecule has 0 unspecified atom stereocenters. The molecule has 2 N–H and O–H groups in total. The van der Waals surface area contributed by atoms with Crippen molar-refractivity contribution in [1.82, 2.24) is 10.2 Å². The van der Waals surface area contributed by atoms with Crippen molar-refractivity contribution in [2.24, 2.45) is 0 Å². The standard InChI is InChI=1S/C25H28FN3O2/c1-16-19(13-17-7-9-18(10-8-17)22(27)11-12-28-2)14-21-24(23(16)26)31-15-29(25(21)30)20-5-3-4-6-20/h7-12,14,20,27-28H,3-6,13,15H2,1-2H3/b12-11-,27-22?. The highest BCUT2D eigenvalue weighted by atomic mass is 19.1. The average molecular weight is 422 g/mol. The second-order valence-corrected chi connectivity index (χ2v) is 8.25. The van der Waals surface area contributed by atoms with E-state index in [1.807, 2.05) is 24.3 Å². The Labute approximate surface area is 182 Å². The fraction of sp³-hybridized carbons (Fsp3) is 0.360. The highest BCUT2D eigenvalue weighted by molar-refractivity contribution is 6.06. The Kier molecular flexibility index (Phi) is 6.07. The molecule has 0 aromatic heterocycles. The molecule has 162 valence electrons. The van der Waals surface area contributed by atoms with Gasteiger partial charge < -0.3 is 20.4 Å². The SMILES string of the molecule is CN/C=C\C(=N)c1ccc(Cc2cc3c(c(F)c2C)OCN(C2CCCC2)C3=O)cc1. The van der Waals surface area contributed by atoms with Crippen LogP contribution in [-0.2, 0) is 6.42 Å². The predicted molar refractivity (Wildman–Crippen MR) is 119 cm³/mol. The first-order chi connectivity index (χ1) is 15.0. The molecule has 1 amide bonds. The first kappa shape index (κ1) is 21.1. The van der Waals surface area contributed by atoms with E-state index in [0.717, 1.165) is 42.4 Å². The average Bonchev–Trinajstić information content (AvgIpc) is 3.31. The summed E-state index contributed by atoms with van der Waals surface area (Å²) >= 11 is 0. The van der Waals surface area contributed by atoms with Gasteiger partial charge in [0.1, 0.15) is 0 Å². The number of hydrogen-bond acceptors (Lipinski definition) is 4. The summed E-state index contributed by atoms with van der Waals surface area (Å²) in [7, 11) is 1.79. The van der Waals surface area contributed by atoms with Gasteiger partial charge in [-0.1, -0.05) is 37.1 Å². The van der Waals surface area contributed by atoms with Gasteiger partial charge in [-0.25, -0.2) is 4.39 Å². The van der Waals surface area contributed by atoms with Gasteiger partial charge in [0.05, 0.1) is 11.3 Å². The van der Waals surface area contributed by atoms with Gasteiger partial charge in [0.25, 0.3) is 5.91 Å². The van der Waals surface area contributed by atoms with E-state index in [4.69, 9.17) is 10.1 Å². The number of allylic oxidation sites excluding steroid dienone is 1. The first-order valence-electron chi connectivity index (χ1n) is 10.8. The molecule has 0 bridgehead atoms. The lowest BCUT2D eigenvalue weighted by Crippen LogP contribution is -2.44. The van der Waals surface area contributed by atoms with Crippen LogP contribution < -0.4 is 10.1 Å². The van der Waals surface area contributed by atoms with Crippen LogP contribution in [0.3, 0.4) is 0 Å². The van der Waals surface area contributed by atoms with Gasteiger partial charge in [-0.15, -0.1) is 0 Å². The molecule has 1 fully saturated rings. The van der Waals surface area contributed by atoms with Crippen LogP contribution in [0.15, 0.2) is 42.6 Å².